The standard InChI is InChI=1S/C20H22N2O3/c1-13-3-6-15(7-4-13)11-22-12-16(10-19(22)24)20(25)21-17-8-5-14(2)9-18(17)23/h3-9,16,23H,10-12H2,1-2H3,(H,21,25). The molecule has 1 fully saturated rings. The molecule has 5 heteroatoms. The molecule has 130 valence electrons. The number of aryl methyl sites for hydroxylation is 2. The van der Waals surface area contributed by atoms with E-state index in [1.165, 1.54) is 5.56 Å². The topological polar surface area (TPSA) is 69.6 Å². The Labute approximate surface area is 147 Å². The Morgan fingerprint density at radius 2 is 1.84 bits per heavy atom. The zero-order valence-corrected chi connectivity index (χ0v) is 14.5. The van der Waals surface area contributed by atoms with Gasteiger partial charge in [0.15, 0.2) is 0 Å². The summed E-state index contributed by atoms with van der Waals surface area (Å²) in [5, 5.41) is 12.6. The molecule has 3 rings (SSSR count). The van der Waals surface area contributed by atoms with Crippen LogP contribution in [0.1, 0.15) is 23.1 Å². The first-order chi connectivity index (χ1) is 11.9. The fraction of sp³-hybridized carbons (Fsp3) is 0.300. The monoisotopic (exact) mass is 338 g/mol. The van der Waals surface area contributed by atoms with Crippen molar-refractivity contribution in [1.82, 2.24) is 4.90 Å². The van der Waals surface area contributed by atoms with Gasteiger partial charge in [-0.2, -0.15) is 0 Å². The number of hydrogen-bond acceptors (Lipinski definition) is 3. The zero-order chi connectivity index (χ0) is 18.0. The second-order valence-corrected chi connectivity index (χ2v) is 6.67. The summed E-state index contributed by atoms with van der Waals surface area (Å²) < 4.78 is 0. The SMILES string of the molecule is Cc1ccc(CN2CC(C(=O)Nc3ccc(C)cc3O)CC2=O)cc1. The van der Waals surface area contributed by atoms with E-state index in [0.29, 0.717) is 18.8 Å². The summed E-state index contributed by atoms with van der Waals surface area (Å²) in [7, 11) is 0. The Kier molecular flexibility index (Phi) is 4.74. The van der Waals surface area contributed by atoms with Gasteiger partial charge in [-0.15, -0.1) is 0 Å². The van der Waals surface area contributed by atoms with Crippen LogP contribution in [-0.4, -0.2) is 28.4 Å². The van der Waals surface area contributed by atoms with Gasteiger partial charge in [0.1, 0.15) is 5.75 Å². The minimum Gasteiger partial charge on any atom is -0.506 e. The number of nitrogens with zero attached hydrogens (tertiary/aromatic N) is 1. The Bertz CT molecular complexity index is 799. The first-order valence-corrected chi connectivity index (χ1v) is 8.36. The van der Waals surface area contributed by atoms with Gasteiger partial charge in [-0.25, -0.2) is 0 Å². The highest BCUT2D eigenvalue weighted by molar-refractivity contribution is 5.98. The molecule has 1 aliphatic rings. The highest BCUT2D eigenvalue weighted by Gasteiger charge is 2.34. The fourth-order valence-electron chi connectivity index (χ4n) is 3.00. The van der Waals surface area contributed by atoms with Crippen LogP contribution in [0.4, 0.5) is 5.69 Å². The minimum absolute atomic E-state index is 0.0196. The van der Waals surface area contributed by atoms with Crippen molar-refractivity contribution < 1.29 is 14.7 Å². The van der Waals surface area contributed by atoms with Gasteiger partial charge in [0.25, 0.3) is 0 Å². The number of carbonyl (C=O) groups excluding carboxylic acids is 2. The second-order valence-electron chi connectivity index (χ2n) is 6.67. The molecule has 0 spiro atoms. The quantitative estimate of drug-likeness (QED) is 0.842. The highest BCUT2D eigenvalue weighted by Crippen LogP contribution is 2.27. The van der Waals surface area contributed by atoms with Crippen LogP contribution in [0.5, 0.6) is 5.75 Å². The molecule has 2 aromatic rings. The molecule has 25 heavy (non-hydrogen) atoms. The maximum absolute atomic E-state index is 12.4. The number of likely N-dealkylation sites (tertiary alicyclic amines) is 1. The van der Waals surface area contributed by atoms with Crippen molar-refractivity contribution in [3.8, 4) is 5.75 Å². The zero-order valence-electron chi connectivity index (χ0n) is 14.5. The molecule has 1 saturated heterocycles. The Balaban J connectivity index is 1.63. The number of aromatic hydroxyl groups is 1. The van der Waals surface area contributed by atoms with Gasteiger partial charge < -0.3 is 15.3 Å². The van der Waals surface area contributed by atoms with Crippen LogP contribution in [-0.2, 0) is 16.1 Å². The molecule has 1 aliphatic heterocycles. The van der Waals surface area contributed by atoms with Crippen molar-refractivity contribution in [3.63, 3.8) is 0 Å². The molecule has 1 heterocycles. The van der Waals surface area contributed by atoms with E-state index in [4.69, 9.17) is 0 Å². The predicted octanol–water partition coefficient (Wildman–Crippen LogP) is 3.00. The molecule has 1 atom stereocenters. The van der Waals surface area contributed by atoms with Crippen LogP contribution >= 0.6 is 0 Å². The van der Waals surface area contributed by atoms with E-state index in [9.17, 15) is 14.7 Å². The van der Waals surface area contributed by atoms with Gasteiger partial charge in [0.05, 0.1) is 11.6 Å². The van der Waals surface area contributed by atoms with Gasteiger partial charge in [-0.1, -0.05) is 35.9 Å². The smallest absolute Gasteiger partial charge is 0.229 e. The molecule has 2 amide bonds. The molecule has 0 bridgehead atoms. The van der Waals surface area contributed by atoms with Crippen LogP contribution in [0.25, 0.3) is 0 Å². The lowest BCUT2D eigenvalue weighted by molar-refractivity contribution is -0.128. The van der Waals surface area contributed by atoms with E-state index < -0.39 is 5.92 Å². The maximum Gasteiger partial charge on any atom is 0.229 e. The summed E-state index contributed by atoms with van der Waals surface area (Å²) in [4.78, 5) is 26.4. The average Bonchev–Trinajstić information content (AvgIpc) is 2.93. The van der Waals surface area contributed by atoms with Crippen LogP contribution in [0.2, 0.25) is 0 Å². The average molecular weight is 338 g/mol. The van der Waals surface area contributed by atoms with Crippen LogP contribution in [0.3, 0.4) is 0 Å². The van der Waals surface area contributed by atoms with E-state index in [1.807, 2.05) is 44.2 Å². The predicted molar refractivity (Wildman–Crippen MR) is 96.2 cm³/mol. The third-order valence-electron chi connectivity index (χ3n) is 4.49. The van der Waals surface area contributed by atoms with Crippen LogP contribution < -0.4 is 5.32 Å². The van der Waals surface area contributed by atoms with Gasteiger partial charge in [0.2, 0.25) is 11.8 Å². The lowest BCUT2D eigenvalue weighted by Crippen LogP contribution is -2.28. The molecule has 0 saturated carbocycles. The summed E-state index contributed by atoms with van der Waals surface area (Å²) in [6.45, 7) is 4.79. The number of phenols is 1. The summed E-state index contributed by atoms with van der Waals surface area (Å²) in [6.07, 6.45) is 0.199. The Morgan fingerprint density at radius 3 is 2.52 bits per heavy atom. The lowest BCUT2D eigenvalue weighted by Gasteiger charge is -2.17. The van der Waals surface area contributed by atoms with E-state index in [1.54, 1.807) is 17.0 Å². The number of rotatable bonds is 4. The second kappa shape index (κ2) is 6.97. The number of amides is 2. The third-order valence-corrected chi connectivity index (χ3v) is 4.49. The Morgan fingerprint density at radius 1 is 1.16 bits per heavy atom. The van der Waals surface area contributed by atoms with Crippen molar-refractivity contribution >= 4 is 17.5 Å². The largest absolute Gasteiger partial charge is 0.506 e. The van der Waals surface area contributed by atoms with Gasteiger partial charge in [-0.05, 0) is 37.1 Å². The molecule has 0 radical (unpaired) electrons. The first kappa shape index (κ1) is 17.0. The molecule has 1 unspecified atom stereocenters. The summed E-state index contributed by atoms with van der Waals surface area (Å²) in [5.41, 5.74) is 3.51. The summed E-state index contributed by atoms with van der Waals surface area (Å²) in [5.74, 6) is -0.624. The first-order valence-electron chi connectivity index (χ1n) is 8.36. The Hall–Kier alpha value is -2.82. The number of carbonyl (C=O) groups is 2. The van der Waals surface area contributed by atoms with Crippen molar-refractivity contribution in [3.05, 3.63) is 59.2 Å². The van der Waals surface area contributed by atoms with Crippen LogP contribution in [0, 0.1) is 19.8 Å². The van der Waals surface area contributed by atoms with E-state index in [2.05, 4.69) is 5.32 Å². The molecular formula is C20H22N2O3. The molecular weight excluding hydrogens is 316 g/mol. The maximum atomic E-state index is 12.4. The van der Waals surface area contributed by atoms with Gasteiger partial charge in [-0.3, -0.25) is 9.59 Å². The summed E-state index contributed by atoms with van der Waals surface area (Å²) in [6, 6.07) is 13.1. The molecule has 2 aromatic carbocycles. The van der Waals surface area contributed by atoms with Crippen molar-refractivity contribution in [2.75, 3.05) is 11.9 Å². The number of anilines is 1. The van der Waals surface area contributed by atoms with E-state index >= 15 is 0 Å². The fourth-order valence-corrected chi connectivity index (χ4v) is 3.00. The normalized spacial score (nSPS) is 17.0. The van der Waals surface area contributed by atoms with Crippen molar-refractivity contribution in [2.45, 2.75) is 26.8 Å². The number of benzene rings is 2. The number of hydrogen-bond donors (Lipinski definition) is 2. The van der Waals surface area contributed by atoms with Crippen molar-refractivity contribution in [1.29, 1.82) is 0 Å². The summed E-state index contributed by atoms with van der Waals surface area (Å²) >= 11 is 0. The molecule has 2 N–H and O–H groups in total. The highest BCUT2D eigenvalue weighted by atomic mass is 16.3. The van der Waals surface area contributed by atoms with E-state index in [-0.39, 0.29) is 24.0 Å². The lowest BCUT2D eigenvalue weighted by atomic mass is 10.1. The van der Waals surface area contributed by atoms with Crippen molar-refractivity contribution in [2.24, 2.45) is 5.92 Å². The minimum atomic E-state index is -0.404. The molecule has 5 nitrogen and oxygen atoms in total. The third kappa shape index (κ3) is 3.99. The van der Waals surface area contributed by atoms with E-state index in [0.717, 1.165) is 11.1 Å². The molecule has 0 aliphatic carbocycles. The van der Waals surface area contributed by atoms with Gasteiger partial charge >= 0.3 is 0 Å². The molecule has 0 aromatic heterocycles. The van der Waals surface area contributed by atoms with Crippen LogP contribution in [0.15, 0.2) is 42.5 Å². The van der Waals surface area contributed by atoms with Gasteiger partial charge in [0, 0.05) is 19.5 Å². The number of phenolic OH excluding ortho intramolecular Hbond substituents is 1. The number of nitrogens with one attached hydrogen (secondary N) is 1.